The smallest absolute Gasteiger partial charge is 0.488 e. The van der Waals surface area contributed by atoms with E-state index in [1.54, 1.807) is 31.2 Å². The monoisotopic (exact) mass is 450 g/mol. The Morgan fingerprint density at radius 3 is 2.38 bits per heavy atom. The molecular formula is C23H21F3O6. The average molecular weight is 450 g/mol. The number of esters is 1. The van der Waals surface area contributed by atoms with Gasteiger partial charge in [0.05, 0.1) is 6.61 Å². The van der Waals surface area contributed by atoms with E-state index in [0.29, 0.717) is 17.7 Å². The molecule has 1 atom stereocenters. The van der Waals surface area contributed by atoms with E-state index in [-0.39, 0.29) is 42.0 Å². The van der Waals surface area contributed by atoms with E-state index in [2.05, 4.69) is 4.74 Å². The van der Waals surface area contributed by atoms with Gasteiger partial charge in [0.15, 0.2) is 5.78 Å². The Bertz CT molecular complexity index is 1010. The minimum Gasteiger partial charge on any atom is -0.488 e. The molecule has 2 aromatic carbocycles. The minimum atomic E-state index is -4.81. The van der Waals surface area contributed by atoms with E-state index in [1.165, 1.54) is 12.1 Å². The molecule has 0 bridgehead atoms. The summed E-state index contributed by atoms with van der Waals surface area (Å²) in [4.78, 5) is 24.9. The topological polar surface area (TPSA) is 71.1 Å². The Hall–Kier alpha value is -3.49. The van der Waals surface area contributed by atoms with E-state index in [9.17, 15) is 22.8 Å². The summed E-state index contributed by atoms with van der Waals surface area (Å²) in [5.74, 6) is -0.900. The molecule has 32 heavy (non-hydrogen) atoms. The molecule has 3 rings (SSSR count). The molecule has 0 amide bonds. The lowest BCUT2D eigenvalue weighted by atomic mass is 9.96. The van der Waals surface area contributed by atoms with Gasteiger partial charge in [-0.1, -0.05) is 13.0 Å². The van der Waals surface area contributed by atoms with Crippen molar-refractivity contribution in [2.45, 2.75) is 39.2 Å². The summed E-state index contributed by atoms with van der Waals surface area (Å²) in [7, 11) is 0. The summed E-state index contributed by atoms with van der Waals surface area (Å²) in [6.45, 7) is 3.63. The van der Waals surface area contributed by atoms with E-state index in [0.717, 1.165) is 12.1 Å². The highest BCUT2D eigenvalue weighted by Crippen LogP contribution is 2.33. The number of Topliss-reactive ketones (excluding diaryl/α,β-unsaturated/α-hetero) is 1. The highest BCUT2D eigenvalue weighted by molar-refractivity contribution is 6.22. The molecule has 0 N–H and O–H groups in total. The largest absolute Gasteiger partial charge is 0.573 e. The number of benzene rings is 2. The quantitative estimate of drug-likeness (QED) is 0.414. The van der Waals surface area contributed by atoms with Gasteiger partial charge < -0.3 is 18.9 Å². The molecule has 0 aromatic heterocycles. The molecule has 1 unspecified atom stereocenters. The fraction of sp³-hybridized carbons (Fsp3) is 0.304. The fourth-order valence-electron chi connectivity index (χ4n) is 3.10. The third-order valence-corrected chi connectivity index (χ3v) is 4.53. The van der Waals surface area contributed by atoms with Crippen LogP contribution in [0.25, 0.3) is 5.76 Å². The number of hydrogen-bond acceptors (Lipinski definition) is 6. The van der Waals surface area contributed by atoms with Gasteiger partial charge in [0.25, 0.3) is 0 Å². The predicted octanol–water partition coefficient (Wildman–Crippen LogP) is 5.42. The van der Waals surface area contributed by atoms with Gasteiger partial charge >= 0.3 is 12.3 Å². The highest BCUT2D eigenvalue weighted by Gasteiger charge is 2.34. The first-order valence-electron chi connectivity index (χ1n) is 9.95. The Morgan fingerprint density at radius 2 is 1.75 bits per heavy atom. The zero-order valence-electron chi connectivity index (χ0n) is 17.4. The molecule has 6 nitrogen and oxygen atoms in total. The standard InChI is InChI=1S/C23H21F3O6/c1-3-15-13-19(27)20(22(28)29-4-2)21(31-15)14-8-10-16(11-9-14)30-17-6-5-7-18(12-17)32-23(24,25)26/h5-12,15H,3-4,13H2,1-2H3. The third kappa shape index (κ3) is 5.81. The van der Waals surface area contributed by atoms with Crippen LogP contribution in [0, 0.1) is 0 Å². The summed E-state index contributed by atoms with van der Waals surface area (Å²) >= 11 is 0. The maximum atomic E-state index is 12.5. The number of ketones is 1. The first-order valence-corrected chi connectivity index (χ1v) is 9.95. The van der Waals surface area contributed by atoms with Crippen molar-refractivity contribution in [1.29, 1.82) is 0 Å². The summed E-state index contributed by atoms with van der Waals surface area (Å²) in [5.41, 5.74) is 0.336. The molecule has 1 heterocycles. The van der Waals surface area contributed by atoms with Gasteiger partial charge in [-0.2, -0.15) is 0 Å². The Kier molecular flexibility index (Phi) is 7.07. The van der Waals surface area contributed by atoms with E-state index in [1.807, 2.05) is 6.92 Å². The van der Waals surface area contributed by atoms with E-state index >= 15 is 0 Å². The van der Waals surface area contributed by atoms with Crippen LogP contribution in [-0.2, 0) is 19.1 Å². The molecule has 9 heteroatoms. The second-order valence-corrected chi connectivity index (χ2v) is 6.85. The molecule has 170 valence electrons. The van der Waals surface area contributed by atoms with Gasteiger partial charge in [0, 0.05) is 18.1 Å². The number of alkyl halides is 3. The summed E-state index contributed by atoms with van der Waals surface area (Å²) in [6.07, 6.45) is -4.49. The maximum Gasteiger partial charge on any atom is 0.573 e. The van der Waals surface area contributed by atoms with Crippen molar-refractivity contribution < 1.29 is 41.7 Å². The van der Waals surface area contributed by atoms with Gasteiger partial charge in [0.2, 0.25) is 0 Å². The van der Waals surface area contributed by atoms with Gasteiger partial charge in [-0.15, -0.1) is 13.2 Å². The van der Waals surface area contributed by atoms with Crippen molar-refractivity contribution in [3.63, 3.8) is 0 Å². The summed E-state index contributed by atoms with van der Waals surface area (Å²) in [5, 5.41) is 0. The molecule has 0 fully saturated rings. The Balaban J connectivity index is 1.85. The van der Waals surface area contributed by atoms with Gasteiger partial charge in [0.1, 0.15) is 34.7 Å². The molecule has 1 aliphatic heterocycles. The lowest BCUT2D eigenvalue weighted by Gasteiger charge is -2.26. The van der Waals surface area contributed by atoms with Crippen molar-refractivity contribution >= 4 is 17.5 Å². The van der Waals surface area contributed by atoms with Crippen LogP contribution >= 0.6 is 0 Å². The van der Waals surface area contributed by atoms with Crippen LogP contribution in [0.1, 0.15) is 32.3 Å². The molecule has 0 saturated heterocycles. The van der Waals surface area contributed by atoms with Gasteiger partial charge in [-0.05, 0) is 49.7 Å². The number of hydrogen-bond donors (Lipinski definition) is 0. The third-order valence-electron chi connectivity index (χ3n) is 4.53. The summed E-state index contributed by atoms with van der Waals surface area (Å²) < 4.78 is 57.6. The molecule has 0 aliphatic carbocycles. The number of carbonyl (C=O) groups excluding carboxylic acids is 2. The van der Waals surface area contributed by atoms with Crippen molar-refractivity contribution in [3.8, 4) is 17.2 Å². The van der Waals surface area contributed by atoms with Crippen LogP contribution < -0.4 is 9.47 Å². The van der Waals surface area contributed by atoms with E-state index < -0.39 is 18.1 Å². The number of rotatable bonds is 7. The molecule has 1 aliphatic rings. The van der Waals surface area contributed by atoms with Gasteiger partial charge in [-0.25, -0.2) is 4.79 Å². The van der Waals surface area contributed by atoms with Crippen molar-refractivity contribution in [2.75, 3.05) is 6.61 Å². The molecule has 0 spiro atoms. The first kappa shape index (κ1) is 23.2. The predicted molar refractivity (Wildman–Crippen MR) is 108 cm³/mol. The van der Waals surface area contributed by atoms with Crippen LogP contribution in [0.2, 0.25) is 0 Å². The lowest BCUT2D eigenvalue weighted by molar-refractivity contribution is -0.274. The lowest BCUT2D eigenvalue weighted by Crippen LogP contribution is -2.29. The van der Waals surface area contributed by atoms with Crippen LogP contribution in [0.5, 0.6) is 17.2 Å². The minimum absolute atomic E-state index is 0.0890. The van der Waals surface area contributed by atoms with Crippen LogP contribution in [0.3, 0.4) is 0 Å². The average Bonchev–Trinajstić information content (AvgIpc) is 2.73. The van der Waals surface area contributed by atoms with Crippen LogP contribution in [0.15, 0.2) is 54.1 Å². The zero-order chi connectivity index (χ0) is 23.3. The number of halogens is 3. The molecule has 2 aromatic rings. The first-order chi connectivity index (χ1) is 15.2. The SMILES string of the molecule is CCOC(=O)C1=C(c2ccc(Oc3cccc(OC(F)(F)F)c3)cc2)OC(CC)CC1=O. The number of carbonyl (C=O) groups is 2. The second kappa shape index (κ2) is 9.76. The van der Waals surface area contributed by atoms with E-state index in [4.69, 9.17) is 14.2 Å². The fourth-order valence-corrected chi connectivity index (χ4v) is 3.10. The molecule has 0 saturated carbocycles. The summed E-state index contributed by atoms with van der Waals surface area (Å²) in [6, 6.07) is 11.4. The Morgan fingerprint density at radius 1 is 1.06 bits per heavy atom. The van der Waals surface area contributed by atoms with Crippen LogP contribution in [-0.4, -0.2) is 30.8 Å². The van der Waals surface area contributed by atoms with Crippen molar-refractivity contribution in [3.05, 3.63) is 59.7 Å². The normalized spacial score (nSPS) is 16.4. The van der Waals surface area contributed by atoms with Crippen molar-refractivity contribution in [2.24, 2.45) is 0 Å². The molecule has 0 radical (unpaired) electrons. The second-order valence-electron chi connectivity index (χ2n) is 6.85. The Labute approximate surface area is 182 Å². The highest BCUT2D eigenvalue weighted by atomic mass is 19.4. The zero-order valence-corrected chi connectivity index (χ0v) is 17.4. The molecular weight excluding hydrogens is 429 g/mol. The van der Waals surface area contributed by atoms with Crippen molar-refractivity contribution in [1.82, 2.24) is 0 Å². The van der Waals surface area contributed by atoms with Crippen LogP contribution in [0.4, 0.5) is 13.2 Å². The van der Waals surface area contributed by atoms with Gasteiger partial charge in [-0.3, -0.25) is 4.79 Å². The maximum absolute atomic E-state index is 12.5. The number of ether oxygens (including phenoxy) is 4.